The SMILES string of the molecule is CCOC(=O)c1cn(-c2ccc(OC)cc2)c2nc(N3C[C@@H]4C(N)[C@@H]4C3)c(F)cc2c1=O. The Bertz CT molecular complexity index is 1260. The maximum Gasteiger partial charge on any atom is 0.343 e. The Labute approximate surface area is 183 Å². The number of hydrogen-bond donors (Lipinski definition) is 1. The molecule has 2 aliphatic rings. The van der Waals surface area contributed by atoms with Crippen LogP contribution in [0.3, 0.4) is 0 Å². The van der Waals surface area contributed by atoms with Gasteiger partial charge < -0.3 is 24.7 Å². The smallest absolute Gasteiger partial charge is 0.343 e. The number of fused-ring (bicyclic) bond motifs is 2. The number of anilines is 1. The maximum atomic E-state index is 15.1. The van der Waals surface area contributed by atoms with Crippen LogP contribution in [0, 0.1) is 17.7 Å². The standard InChI is InChI=1S/C23H23FN4O4/c1-3-32-23(30)17-11-28(12-4-6-13(31-2)7-5-12)21-14(20(17)29)8-18(24)22(26-21)27-9-15-16(10-27)19(15)25/h4-8,11,15-16,19H,3,9-10,25H2,1-2H3/t15-,16+,19?. The summed E-state index contributed by atoms with van der Waals surface area (Å²) in [5.41, 5.74) is 6.11. The zero-order chi connectivity index (χ0) is 22.6. The summed E-state index contributed by atoms with van der Waals surface area (Å²) in [7, 11) is 1.56. The summed E-state index contributed by atoms with van der Waals surface area (Å²) in [5, 5.41) is 0.00804. The zero-order valence-electron chi connectivity index (χ0n) is 17.7. The molecule has 0 amide bonds. The number of aromatic nitrogens is 2. The number of hydrogen-bond acceptors (Lipinski definition) is 7. The van der Waals surface area contributed by atoms with Crippen molar-refractivity contribution in [2.45, 2.75) is 13.0 Å². The highest BCUT2D eigenvalue weighted by Crippen LogP contribution is 2.45. The predicted molar refractivity (Wildman–Crippen MR) is 117 cm³/mol. The Hall–Kier alpha value is -3.46. The monoisotopic (exact) mass is 438 g/mol. The third-order valence-electron chi connectivity index (χ3n) is 6.32. The van der Waals surface area contributed by atoms with E-state index in [1.807, 2.05) is 4.90 Å². The number of nitrogens with zero attached hydrogens (tertiary/aromatic N) is 3. The van der Waals surface area contributed by atoms with E-state index in [9.17, 15) is 9.59 Å². The Morgan fingerprint density at radius 2 is 1.94 bits per heavy atom. The van der Waals surface area contributed by atoms with Gasteiger partial charge in [0.1, 0.15) is 11.3 Å². The largest absolute Gasteiger partial charge is 0.497 e. The van der Waals surface area contributed by atoms with Gasteiger partial charge in [0.15, 0.2) is 17.3 Å². The van der Waals surface area contributed by atoms with Crippen LogP contribution in [-0.2, 0) is 4.74 Å². The van der Waals surface area contributed by atoms with Crippen molar-refractivity contribution in [3.8, 4) is 11.4 Å². The molecular weight excluding hydrogens is 415 g/mol. The quantitative estimate of drug-likeness (QED) is 0.609. The summed E-state index contributed by atoms with van der Waals surface area (Å²) in [6, 6.07) is 8.37. The van der Waals surface area contributed by atoms with Crippen molar-refractivity contribution >= 4 is 22.8 Å². The minimum atomic E-state index is -0.764. The summed E-state index contributed by atoms with van der Waals surface area (Å²) < 4.78 is 26.9. The Morgan fingerprint density at radius 3 is 2.56 bits per heavy atom. The summed E-state index contributed by atoms with van der Waals surface area (Å²) in [6.45, 7) is 3.04. The molecule has 1 unspecified atom stereocenters. The Kier molecular flexibility index (Phi) is 4.85. The molecule has 9 heteroatoms. The second-order valence-corrected chi connectivity index (χ2v) is 8.14. The van der Waals surface area contributed by atoms with Crippen LogP contribution < -0.4 is 20.8 Å². The van der Waals surface area contributed by atoms with Gasteiger partial charge in [0.25, 0.3) is 0 Å². The lowest BCUT2D eigenvalue weighted by Gasteiger charge is -2.22. The topological polar surface area (TPSA) is 99.7 Å². The molecule has 166 valence electrons. The van der Waals surface area contributed by atoms with Crippen LogP contribution in [0.2, 0.25) is 0 Å². The molecule has 2 N–H and O–H groups in total. The van der Waals surface area contributed by atoms with Crippen molar-refractivity contribution in [2.75, 3.05) is 31.7 Å². The molecule has 1 aliphatic heterocycles. The number of rotatable bonds is 5. The molecule has 1 aromatic carbocycles. The number of methoxy groups -OCH3 is 1. The van der Waals surface area contributed by atoms with Crippen molar-refractivity contribution in [1.29, 1.82) is 0 Å². The van der Waals surface area contributed by atoms with Gasteiger partial charge in [-0.3, -0.25) is 4.79 Å². The molecule has 2 aromatic heterocycles. The van der Waals surface area contributed by atoms with E-state index in [-0.39, 0.29) is 35.1 Å². The van der Waals surface area contributed by atoms with Gasteiger partial charge in [0, 0.05) is 31.0 Å². The minimum Gasteiger partial charge on any atom is -0.497 e. The highest BCUT2D eigenvalue weighted by atomic mass is 19.1. The molecule has 32 heavy (non-hydrogen) atoms. The predicted octanol–water partition coefficient (Wildman–Crippen LogP) is 2.10. The molecule has 1 saturated heterocycles. The van der Waals surface area contributed by atoms with Gasteiger partial charge >= 0.3 is 5.97 Å². The van der Waals surface area contributed by atoms with Crippen LogP contribution >= 0.6 is 0 Å². The number of ether oxygens (including phenoxy) is 2. The molecule has 3 heterocycles. The van der Waals surface area contributed by atoms with E-state index in [2.05, 4.69) is 4.98 Å². The number of benzene rings is 1. The lowest BCUT2D eigenvalue weighted by atomic mass is 10.1. The van der Waals surface area contributed by atoms with E-state index < -0.39 is 17.2 Å². The molecule has 8 nitrogen and oxygen atoms in total. The van der Waals surface area contributed by atoms with Crippen LogP contribution in [-0.4, -0.2) is 48.4 Å². The first kappa shape index (κ1) is 20.4. The fraction of sp³-hybridized carbons (Fsp3) is 0.348. The normalized spacial score (nSPS) is 21.5. The molecular formula is C23H23FN4O4. The molecule has 2 fully saturated rings. The fourth-order valence-corrected chi connectivity index (χ4v) is 4.48. The van der Waals surface area contributed by atoms with E-state index in [1.165, 1.54) is 6.20 Å². The molecule has 1 aliphatic carbocycles. The lowest BCUT2D eigenvalue weighted by Crippen LogP contribution is -2.30. The number of pyridine rings is 2. The van der Waals surface area contributed by atoms with E-state index >= 15 is 4.39 Å². The van der Waals surface area contributed by atoms with Gasteiger partial charge in [-0.05, 0) is 49.1 Å². The lowest BCUT2D eigenvalue weighted by molar-refractivity contribution is 0.0524. The molecule has 0 radical (unpaired) electrons. The third kappa shape index (κ3) is 3.20. The maximum absolute atomic E-state index is 15.1. The first-order valence-electron chi connectivity index (χ1n) is 10.5. The van der Waals surface area contributed by atoms with E-state index in [1.54, 1.807) is 42.9 Å². The van der Waals surface area contributed by atoms with Crippen LogP contribution in [0.15, 0.2) is 41.3 Å². The average molecular weight is 438 g/mol. The number of esters is 1. The highest BCUT2D eigenvalue weighted by Gasteiger charge is 2.54. The summed E-state index contributed by atoms with van der Waals surface area (Å²) in [5.74, 6) is 0.162. The van der Waals surface area contributed by atoms with Crippen LogP contribution in [0.4, 0.5) is 10.2 Å². The zero-order valence-corrected chi connectivity index (χ0v) is 17.7. The summed E-state index contributed by atoms with van der Waals surface area (Å²) in [6.07, 6.45) is 1.40. The fourth-order valence-electron chi connectivity index (χ4n) is 4.48. The first-order valence-corrected chi connectivity index (χ1v) is 10.5. The first-order chi connectivity index (χ1) is 15.4. The van der Waals surface area contributed by atoms with Crippen LogP contribution in [0.5, 0.6) is 5.75 Å². The highest BCUT2D eigenvalue weighted by molar-refractivity contribution is 5.94. The van der Waals surface area contributed by atoms with Crippen molar-refractivity contribution in [2.24, 2.45) is 17.6 Å². The van der Waals surface area contributed by atoms with Gasteiger partial charge in [0.05, 0.1) is 19.1 Å². The Morgan fingerprint density at radius 1 is 1.25 bits per heavy atom. The van der Waals surface area contributed by atoms with E-state index in [4.69, 9.17) is 15.2 Å². The number of halogens is 1. The third-order valence-corrected chi connectivity index (χ3v) is 6.32. The number of piperidine rings is 1. The van der Waals surface area contributed by atoms with Crippen molar-refractivity contribution < 1.29 is 18.7 Å². The molecule has 5 rings (SSSR count). The van der Waals surface area contributed by atoms with Gasteiger partial charge in [-0.1, -0.05) is 0 Å². The van der Waals surface area contributed by atoms with E-state index in [0.717, 1.165) is 6.07 Å². The minimum absolute atomic E-state index is 0.00804. The molecule has 0 bridgehead atoms. The Balaban J connectivity index is 1.70. The number of carbonyl (C=O) groups excluding carboxylic acids is 1. The number of carbonyl (C=O) groups is 1. The van der Waals surface area contributed by atoms with Crippen molar-refractivity contribution in [1.82, 2.24) is 9.55 Å². The molecule has 3 aromatic rings. The molecule has 0 spiro atoms. The summed E-state index contributed by atoms with van der Waals surface area (Å²) >= 11 is 0. The number of nitrogens with two attached hydrogens (primary N) is 1. The summed E-state index contributed by atoms with van der Waals surface area (Å²) in [4.78, 5) is 31.9. The van der Waals surface area contributed by atoms with Gasteiger partial charge in [-0.15, -0.1) is 0 Å². The van der Waals surface area contributed by atoms with Gasteiger partial charge in [0.2, 0.25) is 5.43 Å². The second-order valence-electron chi connectivity index (χ2n) is 8.14. The van der Waals surface area contributed by atoms with Crippen molar-refractivity contribution in [3.05, 3.63) is 58.1 Å². The van der Waals surface area contributed by atoms with Crippen LogP contribution in [0.25, 0.3) is 16.7 Å². The average Bonchev–Trinajstić information content (AvgIpc) is 3.19. The molecule has 1 saturated carbocycles. The van der Waals surface area contributed by atoms with Gasteiger partial charge in [-0.2, -0.15) is 0 Å². The molecule has 3 atom stereocenters. The van der Waals surface area contributed by atoms with E-state index in [0.29, 0.717) is 36.4 Å². The van der Waals surface area contributed by atoms with Crippen LogP contribution in [0.1, 0.15) is 17.3 Å². The second kappa shape index (κ2) is 7.59. The van der Waals surface area contributed by atoms with Gasteiger partial charge in [-0.25, -0.2) is 14.2 Å². The van der Waals surface area contributed by atoms with Crippen molar-refractivity contribution in [3.63, 3.8) is 0 Å².